The maximum absolute atomic E-state index is 12.7. The summed E-state index contributed by atoms with van der Waals surface area (Å²) >= 11 is 0. The summed E-state index contributed by atoms with van der Waals surface area (Å²) in [6.45, 7) is 4.26. The van der Waals surface area contributed by atoms with E-state index in [0.29, 0.717) is 11.5 Å². The Morgan fingerprint density at radius 1 is 0.607 bits per heavy atom. The highest BCUT2D eigenvalue weighted by atomic mass is 32.2. The van der Waals surface area contributed by atoms with Crippen LogP contribution >= 0.6 is 0 Å². The van der Waals surface area contributed by atoms with E-state index in [0.717, 1.165) is 38.5 Å². The number of rotatable bonds is 18. The van der Waals surface area contributed by atoms with Gasteiger partial charge in [0.15, 0.2) is 0 Å². The molecule has 0 aromatic rings. The fourth-order valence-electron chi connectivity index (χ4n) is 3.84. The Morgan fingerprint density at radius 3 is 1.11 bits per heavy atom. The molecule has 0 aromatic carbocycles. The lowest BCUT2D eigenvalue weighted by Gasteiger charge is -2.33. The van der Waals surface area contributed by atoms with Crippen LogP contribution in [-0.4, -0.2) is 76.0 Å². The third-order valence-corrected chi connectivity index (χ3v) is 13.3. The third-order valence-electron chi connectivity index (χ3n) is 5.37. The average molecular weight is 459 g/mol. The SMILES string of the molecule is CCCC(CCS(=O)CCC(CCC)[Si](OC)(OC)OC)[Si](OC)(OC)OC. The number of hydrogen-bond donors (Lipinski definition) is 0. The summed E-state index contributed by atoms with van der Waals surface area (Å²) in [4.78, 5) is 0. The fourth-order valence-corrected chi connectivity index (χ4v) is 10.8. The summed E-state index contributed by atoms with van der Waals surface area (Å²) in [6, 6.07) is 0. The molecule has 2 unspecified atom stereocenters. The lowest BCUT2D eigenvalue weighted by atomic mass is 10.2. The minimum atomic E-state index is -2.73. The van der Waals surface area contributed by atoms with Crippen molar-refractivity contribution in [3.8, 4) is 0 Å². The minimum absolute atomic E-state index is 0.151. The molecule has 0 saturated heterocycles. The normalized spacial score (nSPS) is 16.1. The van der Waals surface area contributed by atoms with E-state index in [-0.39, 0.29) is 11.1 Å². The van der Waals surface area contributed by atoms with E-state index in [1.807, 2.05) is 0 Å². The van der Waals surface area contributed by atoms with Gasteiger partial charge in [0.25, 0.3) is 0 Å². The van der Waals surface area contributed by atoms with Gasteiger partial charge >= 0.3 is 17.6 Å². The molecule has 0 aliphatic heterocycles. The van der Waals surface area contributed by atoms with E-state index >= 15 is 0 Å². The third kappa shape index (κ3) is 7.88. The first kappa shape index (κ1) is 28.3. The highest BCUT2D eigenvalue weighted by Gasteiger charge is 2.47. The van der Waals surface area contributed by atoms with Crippen molar-refractivity contribution in [2.45, 2.75) is 63.5 Å². The summed E-state index contributed by atoms with van der Waals surface area (Å²) in [5.74, 6) is 1.21. The molecule has 0 spiro atoms. The Kier molecular flexibility index (Phi) is 15.4. The van der Waals surface area contributed by atoms with Gasteiger partial charge in [-0.25, -0.2) is 0 Å². The summed E-state index contributed by atoms with van der Waals surface area (Å²) in [7, 11) is 3.43. The van der Waals surface area contributed by atoms with Crippen molar-refractivity contribution in [2.75, 3.05) is 54.2 Å². The molecule has 0 radical (unpaired) electrons. The Balaban J connectivity index is 4.92. The molecule has 28 heavy (non-hydrogen) atoms. The predicted molar refractivity (Wildman–Crippen MR) is 118 cm³/mol. The summed E-state index contributed by atoms with van der Waals surface area (Å²) in [5.41, 5.74) is 0.302. The van der Waals surface area contributed by atoms with Crippen LogP contribution in [0.1, 0.15) is 52.4 Å². The zero-order chi connectivity index (χ0) is 21.6. The van der Waals surface area contributed by atoms with E-state index in [1.54, 1.807) is 42.7 Å². The molecule has 0 bridgehead atoms. The van der Waals surface area contributed by atoms with Gasteiger partial charge in [0.05, 0.1) is 0 Å². The molecule has 0 N–H and O–H groups in total. The molecular weight excluding hydrogens is 416 g/mol. The average Bonchev–Trinajstić information content (AvgIpc) is 2.73. The van der Waals surface area contributed by atoms with Gasteiger partial charge < -0.3 is 26.6 Å². The first-order valence-corrected chi connectivity index (χ1v) is 15.1. The van der Waals surface area contributed by atoms with E-state index in [2.05, 4.69) is 13.8 Å². The van der Waals surface area contributed by atoms with E-state index in [4.69, 9.17) is 26.6 Å². The van der Waals surface area contributed by atoms with Gasteiger partial charge in [0.1, 0.15) is 0 Å². The van der Waals surface area contributed by atoms with Gasteiger partial charge in [-0.1, -0.05) is 26.7 Å². The molecule has 0 saturated carbocycles. The molecule has 0 aromatic heterocycles. The molecular formula is C18H42O7SSi2. The zero-order valence-electron chi connectivity index (χ0n) is 19.1. The molecule has 7 nitrogen and oxygen atoms in total. The summed E-state index contributed by atoms with van der Waals surface area (Å²) in [5, 5.41) is 0. The molecule has 0 heterocycles. The standard InChI is InChI=1S/C18H42O7SSi2/c1-9-11-17(27(20-3,21-4)22-5)13-15-26(19)16-14-18(12-10-2)28(23-6,24-7)25-8/h17-18H,9-16H2,1-8H3. The van der Waals surface area contributed by atoms with Crippen molar-refractivity contribution in [3.05, 3.63) is 0 Å². The van der Waals surface area contributed by atoms with Gasteiger partial charge in [-0.3, -0.25) is 4.21 Å². The van der Waals surface area contributed by atoms with Crippen LogP contribution in [0.2, 0.25) is 11.1 Å². The predicted octanol–water partition coefficient (Wildman–Crippen LogP) is 3.61. The van der Waals surface area contributed by atoms with Crippen LogP contribution in [0.15, 0.2) is 0 Å². The smallest absolute Gasteiger partial charge is 0.377 e. The maximum Gasteiger partial charge on any atom is 0.503 e. The monoisotopic (exact) mass is 458 g/mol. The van der Waals surface area contributed by atoms with Crippen molar-refractivity contribution in [1.82, 2.24) is 0 Å². The first-order valence-electron chi connectivity index (χ1n) is 10.0. The molecule has 0 fully saturated rings. The second-order valence-corrected chi connectivity index (χ2v) is 15.0. The highest BCUT2D eigenvalue weighted by Crippen LogP contribution is 2.34. The van der Waals surface area contributed by atoms with Crippen molar-refractivity contribution < 1.29 is 30.8 Å². The molecule has 170 valence electrons. The lowest BCUT2D eigenvalue weighted by Crippen LogP contribution is -2.48. The molecule has 0 amide bonds. The van der Waals surface area contributed by atoms with Gasteiger partial charge in [-0.15, -0.1) is 0 Å². The van der Waals surface area contributed by atoms with Crippen LogP contribution in [0.4, 0.5) is 0 Å². The molecule has 0 rings (SSSR count). The largest absolute Gasteiger partial charge is 0.503 e. The Morgan fingerprint density at radius 2 is 0.893 bits per heavy atom. The van der Waals surface area contributed by atoms with Gasteiger partial charge in [-0.05, 0) is 25.7 Å². The van der Waals surface area contributed by atoms with Crippen LogP contribution in [0.3, 0.4) is 0 Å². The van der Waals surface area contributed by atoms with Gasteiger partial charge in [-0.2, -0.15) is 0 Å². The van der Waals surface area contributed by atoms with Crippen LogP contribution in [0.25, 0.3) is 0 Å². The second-order valence-electron chi connectivity index (χ2n) is 6.83. The van der Waals surface area contributed by atoms with Crippen LogP contribution < -0.4 is 0 Å². The van der Waals surface area contributed by atoms with Gasteiger partial charge in [0, 0.05) is 76.0 Å². The maximum atomic E-state index is 12.7. The Bertz CT molecular complexity index is 368. The van der Waals surface area contributed by atoms with Crippen LogP contribution in [0, 0.1) is 0 Å². The number of hydrogen-bond acceptors (Lipinski definition) is 7. The van der Waals surface area contributed by atoms with E-state index in [1.165, 1.54) is 0 Å². The van der Waals surface area contributed by atoms with Gasteiger partial charge in [0.2, 0.25) is 0 Å². The zero-order valence-corrected chi connectivity index (χ0v) is 21.9. The van der Waals surface area contributed by atoms with E-state index < -0.39 is 28.4 Å². The van der Waals surface area contributed by atoms with Crippen molar-refractivity contribution in [3.63, 3.8) is 0 Å². The first-order chi connectivity index (χ1) is 13.4. The highest BCUT2D eigenvalue weighted by molar-refractivity contribution is 7.84. The van der Waals surface area contributed by atoms with Crippen molar-refractivity contribution >= 4 is 28.4 Å². The summed E-state index contributed by atoms with van der Waals surface area (Å²) in [6.07, 6.45) is 5.41. The summed E-state index contributed by atoms with van der Waals surface area (Å²) < 4.78 is 46.7. The quantitative estimate of drug-likeness (QED) is 0.290. The molecule has 0 aliphatic carbocycles. The minimum Gasteiger partial charge on any atom is -0.377 e. The Labute approximate surface area is 177 Å². The lowest BCUT2D eigenvalue weighted by molar-refractivity contribution is 0.108. The van der Waals surface area contributed by atoms with Crippen LogP contribution in [0.5, 0.6) is 0 Å². The fraction of sp³-hybridized carbons (Fsp3) is 1.00. The molecule has 10 heteroatoms. The molecule has 2 atom stereocenters. The Hall–Kier alpha value is 0.344. The second kappa shape index (κ2) is 15.2. The van der Waals surface area contributed by atoms with Crippen molar-refractivity contribution in [1.29, 1.82) is 0 Å². The van der Waals surface area contributed by atoms with Crippen molar-refractivity contribution in [2.24, 2.45) is 0 Å². The van der Waals surface area contributed by atoms with Crippen LogP contribution in [-0.2, 0) is 37.4 Å². The molecule has 0 aliphatic rings. The topological polar surface area (TPSA) is 72.5 Å². The van der Waals surface area contributed by atoms with E-state index in [9.17, 15) is 4.21 Å².